The second kappa shape index (κ2) is 6.19. The maximum absolute atomic E-state index is 10.2. The molecule has 0 aromatic heterocycles. The highest BCUT2D eigenvalue weighted by Crippen LogP contribution is 2.30. The molecule has 2 aliphatic carbocycles. The Hall–Kier alpha value is -0.0800. The number of aliphatic hydroxyl groups excluding tert-OH is 1. The molecule has 0 aromatic rings. The van der Waals surface area contributed by atoms with Crippen molar-refractivity contribution >= 4 is 0 Å². The Morgan fingerprint density at radius 3 is 2.41 bits per heavy atom. The molecule has 2 rings (SSSR count). The van der Waals surface area contributed by atoms with Gasteiger partial charge in [0.15, 0.2) is 0 Å². The molecule has 2 N–H and O–H groups in total. The van der Waals surface area contributed by atoms with Gasteiger partial charge in [0, 0.05) is 12.1 Å². The van der Waals surface area contributed by atoms with Gasteiger partial charge in [-0.3, -0.25) is 0 Å². The van der Waals surface area contributed by atoms with Crippen LogP contribution in [0.15, 0.2) is 0 Å². The first-order chi connectivity index (χ1) is 8.16. The lowest BCUT2D eigenvalue weighted by atomic mass is 9.79. The van der Waals surface area contributed by atoms with E-state index in [0.717, 1.165) is 18.3 Å². The minimum absolute atomic E-state index is 0.107. The molecule has 0 amide bonds. The van der Waals surface area contributed by atoms with Crippen molar-refractivity contribution in [3.8, 4) is 0 Å². The summed E-state index contributed by atoms with van der Waals surface area (Å²) in [5.41, 5.74) is 0. The van der Waals surface area contributed by atoms with E-state index in [1.807, 2.05) is 0 Å². The molecule has 0 radical (unpaired) electrons. The van der Waals surface area contributed by atoms with Crippen LogP contribution >= 0.6 is 0 Å². The van der Waals surface area contributed by atoms with Gasteiger partial charge in [-0.1, -0.05) is 33.1 Å². The Morgan fingerprint density at radius 2 is 1.65 bits per heavy atom. The molecular weight excluding hydrogens is 210 g/mol. The molecule has 100 valence electrons. The molecule has 2 aliphatic rings. The number of hydrogen-bond acceptors (Lipinski definition) is 2. The quantitative estimate of drug-likeness (QED) is 0.726. The van der Waals surface area contributed by atoms with Crippen molar-refractivity contribution in [2.45, 2.75) is 83.4 Å². The summed E-state index contributed by atoms with van der Waals surface area (Å²) in [4.78, 5) is 0. The fourth-order valence-corrected chi connectivity index (χ4v) is 3.67. The van der Waals surface area contributed by atoms with E-state index < -0.39 is 0 Å². The number of aliphatic hydroxyl groups is 1. The fourth-order valence-electron chi connectivity index (χ4n) is 3.67. The lowest BCUT2D eigenvalue weighted by molar-refractivity contribution is 0.0981. The Bertz CT molecular complexity index is 231. The van der Waals surface area contributed by atoms with Gasteiger partial charge in [-0.05, 0) is 43.9 Å². The van der Waals surface area contributed by atoms with Crippen molar-refractivity contribution in [3.63, 3.8) is 0 Å². The van der Waals surface area contributed by atoms with Gasteiger partial charge in [-0.25, -0.2) is 0 Å². The highest BCUT2D eigenvalue weighted by molar-refractivity contribution is 4.87. The van der Waals surface area contributed by atoms with Crippen LogP contribution in [0.2, 0.25) is 0 Å². The van der Waals surface area contributed by atoms with Crippen LogP contribution in [-0.2, 0) is 0 Å². The molecular formula is C15H29NO. The molecule has 0 aromatic carbocycles. The molecule has 0 bridgehead atoms. The van der Waals surface area contributed by atoms with Crippen LogP contribution in [-0.4, -0.2) is 23.3 Å². The van der Waals surface area contributed by atoms with Crippen LogP contribution in [0.3, 0.4) is 0 Å². The third-order valence-corrected chi connectivity index (χ3v) is 4.84. The Morgan fingerprint density at radius 1 is 0.882 bits per heavy atom. The van der Waals surface area contributed by atoms with Crippen molar-refractivity contribution in [3.05, 3.63) is 0 Å². The second-order valence-electron chi connectivity index (χ2n) is 6.48. The van der Waals surface area contributed by atoms with Crippen molar-refractivity contribution < 1.29 is 5.11 Å². The van der Waals surface area contributed by atoms with Gasteiger partial charge < -0.3 is 10.4 Å². The molecule has 0 heterocycles. The summed E-state index contributed by atoms with van der Waals surface area (Å²) in [6.45, 7) is 4.74. The van der Waals surface area contributed by atoms with E-state index in [-0.39, 0.29) is 6.10 Å². The normalized spacial score (nSPS) is 44.3. The number of hydrogen-bond donors (Lipinski definition) is 2. The first-order valence-corrected chi connectivity index (χ1v) is 7.61. The summed E-state index contributed by atoms with van der Waals surface area (Å²) < 4.78 is 0. The number of nitrogens with one attached hydrogen (secondary N) is 1. The molecule has 17 heavy (non-hydrogen) atoms. The minimum atomic E-state index is -0.107. The Kier molecular flexibility index (Phi) is 4.87. The van der Waals surface area contributed by atoms with E-state index in [2.05, 4.69) is 19.2 Å². The zero-order chi connectivity index (χ0) is 12.3. The Balaban J connectivity index is 1.86. The summed E-state index contributed by atoms with van der Waals surface area (Å²) in [5.74, 6) is 1.66. The van der Waals surface area contributed by atoms with E-state index in [9.17, 15) is 5.11 Å². The van der Waals surface area contributed by atoms with E-state index in [4.69, 9.17) is 0 Å². The lowest BCUT2D eigenvalue weighted by Gasteiger charge is -2.37. The average molecular weight is 239 g/mol. The highest BCUT2D eigenvalue weighted by atomic mass is 16.3. The van der Waals surface area contributed by atoms with E-state index in [1.54, 1.807) is 0 Å². The monoisotopic (exact) mass is 239 g/mol. The van der Waals surface area contributed by atoms with Crippen LogP contribution < -0.4 is 5.32 Å². The summed E-state index contributed by atoms with van der Waals surface area (Å²) in [5, 5.41) is 13.9. The van der Waals surface area contributed by atoms with E-state index in [0.29, 0.717) is 12.1 Å². The lowest BCUT2D eigenvalue weighted by Crippen LogP contribution is -2.49. The molecule has 0 aliphatic heterocycles. The summed E-state index contributed by atoms with van der Waals surface area (Å²) in [6.07, 6.45) is 9.84. The summed E-state index contributed by atoms with van der Waals surface area (Å²) in [6, 6.07) is 1.00. The van der Waals surface area contributed by atoms with Gasteiger partial charge in [0.25, 0.3) is 0 Å². The molecule has 5 atom stereocenters. The van der Waals surface area contributed by atoms with Crippen LogP contribution in [0.4, 0.5) is 0 Å². The van der Waals surface area contributed by atoms with Gasteiger partial charge in [0.05, 0.1) is 6.10 Å². The predicted molar refractivity (Wildman–Crippen MR) is 72.0 cm³/mol. The molecule has 5 unspecified atom stereocenters. The standard InChI is InChI=1S/C15H29NO/c1-11-8-9-13(12(2)10-11)16-14-6-4-3-5-7-15(14)17/h11-17H,3-10H2,1-2H3. The molecule has 2 heteroatoms. The van der Waals surface area contributed by atoms with Crippen molar-refractivity contribution in [2.75, 3.05) is 0 Å². The molecule has 2 fully saturated rings. The van der Waals surface area contributed by atoms with Gasteiger partial charge >= 0.3 is 0 Å². The predicted octanol–water partition coefficient (Wildman–Crippen LogP) is 3.09. The zero-order valence-electron chi connectivity index (χ0n) is 11.5. The molecule has 0 saturated heterocycles. The maximum Gasteiger partial charge on any atom is 0.0693 e. The topological polar surface area (TPSA) is 32.3 Å². The summed E-state index contributed by atoms with van der Waals surface area (Å²) >= 11 is 0. The second-order valence-corrected chi connectivity index (χ2v) is 6.48. The molecule has 2 nitrogen and oxygen atoms in total. The van der Waals surface area contributed by atoms with Crippen LogP contribution in [0.5, 0.6) is 0 Å². The summed E-state index contributed by atoms with van der Waals surface area (Å²) in [7, 11) is 0. The van der Waals surface area contributed by atoms with Crippen LogP contribution in [0.25, 0.3) is 0 Å². The van der Waals surface area contributed by atoms with Crippen molar-refractivity contribution in [1.82, 2.24) is 5.32 Å². The average Bonchev–Trinajstić information content (AvgIpc) is 2.48. The van der Waals surface area contributed by atoms with Crippen LogP contribution in [0, 0.1) is 11.8 Å². The third-order valence-electron chi connectivity index (χ3n) is 4.84. The van der Waals surface area contributed by atoms with E-state index in [1.165, 1.54) is 44.9 Å². The smallest absolute Gasteiger partial charge is 0.0693 e. The zero-order valence-corrected chi connectivity index (χ0v) is 11.5. The van der Waals surface area contributed by atoms with Gasteiger partial charge in [0.1, 0.15) is 0 Å². The third kappa shape index (κ3) is 3.69. The highest BCUT2D eigenvalue weighted by Gasteiger charge is 2.29. The van der Waals surface area contributed by atoms with Gasteiger partial charge in [-0.15, -0.1) is 0 Å². The Labute approximate surface area is 106 Å². The van der Waals surface area contributed by atoms with Crippen molar-refractivity contribution in [2.24, 2.45) is 11.8 Å². The van der Waals surface area contributed by atoms with Crippen molar-refractivity contribution in [1.29, 1.82) is 0 Å². The maximum atomic E-state index is 10.2. The van der Waals surface area contributed by atoms with Crippen LogP contribution in [0.1, 0.15) is 65.2 Å². The number of rotatable bonds is 2. The largest absolute Gasteiger partial charge is 0.392 e. The SMILES string of the molecule is CC1CCC(NC2CCCCCC2O)C(C)C1. The fraction of sp³-hybridized carbons (Fsp3) is 1.00. The van der Waals surface area contributed by atoms with Gasteiger partial charge in [-0.2, -0.15) is 0 Å². The molecule has 2 saturated carbocycles. The molecule has 0 spiro atoms. The van der Waals surface area contributed by atoms with Gasteiger partial charge in [0.2, 0.25) is 0 Å². The first-order valence-electron chi connectivity index (χ1n) is 7.61. The van der Waals surface area contributed by atoms with E-state index >= 15 is 0 Å². The minimum Gasteiger partial charge on any atom is -0.392 e. The first kappa shape index (κ1) is 13.4.